The molecule has 21 heavy (non-hydrogen) atoms. The van der Waals surface area contributed by atoms with Gasteiger partial charge in [0.2, 0.25) is 0 Å². The summed E-state index contributed by atoms with van der Waals surface area (Å²) in [6.07, 6.45) is 5.47. The average Bonchev–Trinajstić information content (AvgIpc) is 2.87. The summed E-state index contributed by atoms with van der Waals surface area (Å²) in [5.41, 5.74) is -0.193. The molecule has 5 heteroatoms. The number of hydrogen-bond acceptors (Lipinski definition) is 3. The van der Waals surface area contributed by atoms with Gasteiger partial charge in [-0.2, -0.15) is 0 Å². The van der Waals surface area contributed by atoms with Crippen LogP contribution in [0.5, 0.6) is 0 Å². The van der Waals surface area contributed by atoms with Crippen molar-refractivity contribution in [1.29, 1.82) is 0 Å². The summed E-state index contributed by atoms with van der Waals surface area (Å²) in [5.74, 6) is 0.454. The highest BCUT2D eigenvalue weighted by Crippen LogP contribution is 2.45. The van der Waals surface area contributed by atoms with Crippen molar-refractivity contribution in [3.8, 4) is 0 Å². The zero-order valence-electron chi connectivity index (χ0n) is 13.5. The molecule has 0 amide bonds. The maximum absolute atomic E-state index is 11.4. The number of rotatable bonds is 5. The van der Waals surface area contributed by atoms with E-state index in [0.717, 1.165) is 31.8 Å². The maximum Gasteiger partial charge on any atom is 0.307 e. The third kappa shape index (κ3) is 3.12. The molecule has 1 fully saturated rings. The first-order chi connectivity index (χ1) is 9.87. The normalized spacial score (nSPS) is 28.5. The van der Waals surface area contributed by atoms with Gasteiger partial charge in [-0.15, -0.1) is 0 Å². The highest BCUT2D eigenvalue weighted by Gasteiger charge is 2.46. The molecule has 1 aliphatic carbocycles. The summed E-state index contributed by atoms with van der Waals surface area (Å²) in [7, 11) is 0. The highest BCUT2D eigenvalue weighted by molar-refractivity contribution is 5.71. The fourth-order valence-corrected chi connectivity index (χ4v) is 3.54. The summed E-state index contributed by atoms with van der Waals surface area (Å²) in [5, 5.41) is 13.0. The van der Waals surface area contributed by atoms with E-state index in [1.807, 2.05) is 12.4 Å². The van der Waals surface area contributed by atoms with Crippen LogP contribution in [0.25, 0.3) is 0 Å². The lowest BCUT2D eigenvalue weighted by Gasteiger charge is -2.46. The SMILES string of the molecule is CCn1ccnc1CNC1CCC(C(=O)O)C(C)(C)C1C. The van der Waals surface area contributed by atoms with Crippen LogP contribution in [0.2, 0.25) is 0 Å². The minimum atomic E-state index is -0.660. The van der Waals surface area contributed by atoms with Crippen molar-refractivity contribution in [2.24, 2.45) is 17.3 Å². The molecule has 0 saturated heterocycles. The first-order valence-electron chi connectivity index (χ1n) is 7.84. The number of carbonyl (C=O) groups is 1. The molecule has 0 aliphatic heterocycles. The van der Waals surface area contributed by atoms with Crippen molar-refractivity contribution in [2.45, 2.75) is 59.7 Å². The topological polar surface area (TPSA) is 67.2 Å². The molecule has 0 bridgehead atoms. The number of aromatic nitrogens is 2. The molecule has 1 aromatic rings. The molecule has 1 heterocycles. The van der Waals surface area contributed by atoms with E-state index in [1.165, 1.54) is 0 Å². The Morgan fingerprint density at radius 1 is 1.52 bits per heavy atom. The Morgan fingerprint density at radius 3 is 2.86 bits per heavy atom. The largest absolute Gasteiger partial charge is 0.481 e. The lowest BCUT2D eigenvalue weighted by Crippen LogP contribution is -2.51. The van der Waals surface area contributed by atoms with Crippen LogP contribution >= 0.6 is 0 Å². The van der Waals surface area contributed by atoms with Crippen LogP contribution in [0.4, 0.5) is 0 Å². The molecule has 0 spiro atoms. The summed E-state index contributed by atoms with van der Waals surface area (Å²) >= 11 is 0. The van der Waals surface area contributed by atoms with Crippen LogP contribution in [0.1, 0.15) is 46.4 Å². The second-order valence-corrected chi connectivity index (χ2v) is 6.70. The summed E-state index contributed by atoms with van der Waals surface area (Å²) in [6.45, 7) is 10.1. The number of imidazole rings is 1. The lowest BCUT2D eigenvalue weighted by molar-refractivity contribution is -0.150. The van der Waals surface area contributed by atoms with Crippen molar-refractivity contribution in [2.75, 3.05) is 0 Å². The van der Waals surface area contributed by atoms with E-state index in [2.05, 4.69) is 42.6 Å². The van der Waals surface area contributed by atoms with Crippen LogP contribution in [-0.2, 0) is 17.9 Å². The van der Waals surface area contributed by atoms with Crippen LogP contribution in [-0.4, -0.2) is 26.7 Å². The molecule has 3 atom stereocenters. The van der Waals surface area contributed by atoms with Crippen molar-refractivity contribution in [3.05, 3.63) is 18.2 Å². The zero-order chi connectivity index (χ0) is 15.6. The smallest absolute Gasteiger partial charge is 0.307 e. The first-order valence-corrected chi connectivity index (χ1v) is 7.84. The van der Waals surface area contributed by atoms with E-state index in [-0.39, 0.29) is 11.3 Å². The number of nitrogens with one attached hydrogen (secondary N) is 1. The minimum absolute atomic E-state index is 0.193. The van der Waals surface area contributed by atoms with Crippen molar-refractivity contribution >= 4 is 5.97 Å². The van der Waals surface area contributed by atoms with Gasteiger partial charge in [-0.3, -0.25) is 4.79 Å². The van der Waals surface area contributed by atoms with Crippen LogP contribution in [0.3, 0.4) is 0 Å². The minimum Gasteiger partial charge on any atom is -0.481 e. The van der Waals surface area contributed by atoms with E-state index in [9.17, 15) is 9.90 Å². The van der Waals surface area contributed by atoms with Gasteiger partial charge in [0.1, 0.15) is 5.82 Å². The van der Waals surface area contributed by atoms with Gasteiger partial charge in [0.05, 0.1) is 12.5 Å². The molecule has 2 rings (SSSR count). The second kappa shape index (κ2) is 6.18. The number of hydrogen-bond donors (Lipinski definition) is 2. The van der Waals surface area contributed by atoms with E-state index < -0.39 is 5.97 Å². The van der Waals surface area contributed by atoms with Crippen molar-refractivity contribution in [1.82, 2.24) is 14.9 Å². The molecule has 5 nitrogen and oxygen atoms in total. The fraction of sp³-hybridized carbons (Fsp3) is 0.750. The fourth-order valence-electron chi connectivity index (χ4n) is 3.54. The quantitative estimate of drug-likeness (QED) is 0.875. The summed E-state index contributed by atoms with van der Waals surface area (Å²) < 4.78 is 2.13. The van der Waals surface area contributed by atoms with Gasteiger partial charge >= 0.3 is 5.97 Å². The first kappa shape index (κ1) is 16.0. The second-order valence-electron chi connectivity index (χ2n) is 6.70. The molecule has 0 radical (unpaired) electrons. The Kier molecular flexibility index (Phi) is 4.71. The van der Waals surface area contributed by atoms with E-state index in [4.69, 9.17) is 0 Å². The van der Waals surface area contributed by atoms with E-state index in [1.54, 1.807) is 0 Å². The Hall–Kier alpha value is -1.36. The molecule has 1 saturated carbocycles. The number of carboxylic acids is 1. The monoisotopic (exact) mass is 293 g/mol. The standard InChI is InChI=1S/C16H27N3O2/c1-5-19-9-8-17-14(19)10-18-13-7-6-12(15(20)21)16(3,4)11(13)2/h8-9,11-13,18H,5-7,10H2,1-4H3,(H,20,21). The van der Waals surface area contributed by atoms with Crippen LogP contribution in [0.15, 0.2) is 12.4 Å². The van der Waals surface area contributed by atoms with Gasteiger partial charge in [0, 0.05) is 25.0 Å². The molecule has 118 valence electrons. The lowest BCUT2D eigenvalue weighted by atomic mass is 9.61. The predicted octanol–water partition coefficient (Wildman–Crippen LogP) is 2.52. The summed E-state index contributed by atoms with van der Waals surface area (Å²) in [4.78, 5) is 15.8. The zero-order valence-corrected chi connectivity index (χ0v) is 13.5. The average molecular weight is 293 g/mol. The van der Waals surface area contributed by atoms with Crippen LogP contribution < -0.4 is 5.32 Å². The van der Waals surface area contributed by atoms with Crippen LogP contribution in [0, 0.1) is 17.3 Å². The Bertz CT molecular complexity index is 495. The molecule has 0 aromatic carbocycles. The Labute approximate surface area is 126 Å². The number of aryl methyl sites for hydroxylation is 1. The Balaban J connectivity index is 2.01. The predicted molar refractivity (Wildman–Crippen MR) is 81.8 cm³/mol. The molecule has 1 aliphatic rings. The van der Waals surface area contributed by atoms with E-state index in [0.29, 0.717) is 12.0 Å². The molecular formula is C16H27N3O2. The van der Waals surface area contributed by atoms with Crippen molar-refractivity contribution < 1.29 is 9.90 Å². The highest BCUT2D eigenvalue weighted by atomic mass is 16.4. The van der Waals surface area contributed by atoms with Gasteiger partial charge in [-0.05, 0) is 31.1 Å². The molecule has 3 unspecified atom stereocenters. The number of nitrogens with zero attached hydrogens (tertiary/aromatic N) is 2. The Morgan fingerprint density at radius 2 is 2.24 bits per heavy atom. The van der Waals surface area contributed by atoms with Gasteiger partial charge in [0.15, 0.2) is 0 Å². The van der Waals surface area contributed by atoms with Gasteiger partial charge in [-0.25, -0.2) is 4.98 Å². The molecule has 2 N–H and O–H groups in total. The third-order valence-corrected chi connectivity index (χ3v) is 5.40. The third-order valence-electron chi connectivity index (χ3n) is 5.40. The van der Waals surface area contributed by atoms with Gasteiger partial charge in [-0.1, -0.05) is 20.8 Å². The van der Waals surface area contributed by atoms with Crippen molar-refractivity contribution in [3.63, 3.8) is 0 Å². The number of carboxylic acid groups (broad SMARTS) is 1. The maximum atomic E-state index is 11.4. The van der Waals surface area contributed by atoms with Gasteiger partial charge < -0.3 is 15.0 Å². The van der Waals surface area contributed by atoms with Gasteiger partial charge in [0.25, 0.3) is 0 Å². The van der Waals surface area contributed by atoms with E-state index >= 15 is 0 Å². The number of aliphatic carboxylic acids is 1. The summed E-state index contributed by atoms with van der Waals surface area (Å²) in [6, 6.07) is 0.345. The molecular weight excluding hydrogens is 266 g/mol. The molecule has 1 aromatic heterocycles.